The summed E-state index contributed by atoms with van der Waals surface area (Å²) in [6.45, 7) is 2.85. The van der Waals surface area contributed by atoms with E-state index in [1.807, 2.05) is 18.2 Å². The number of amides is 1. The maximum atomic E-state index is 12.3. The highest BCUT2D eigenvalue weighted by Gasteiger charge is 2.17. The predicted octanol–water partition coefficient (Wildman–Crippen LogP) is 2.15. The van der Waals surface area contributed by atoms with Crippen LogP contribution in [-0.4, -0.2) is 37.2 Å². The van der Waals surface area contributed by atoms with Gasteiger partial charge in [0, 0.05) is 24.8 Å². The van der Waals surface area contributed by atoms with Crippen LogP contribution in [0.15, 0.2) is 42.6 Å². The van der Waals surface area contributed by atoms with Crippen LogP contribution in [0.3, 0.4) is 0 Å². The van der Waals surface area contributed by atoms with Gasteiger partial charge >= 0.3 is 0 Å². The molecule has 2 aromatic rings. The first kappa shape index (κ1) is 15.1. The van der Waals surface area contributed by atoms with Crippen LogP contribution < -0.4 is 10.2 Å². The van der Waals surface area contributed by atoms with E-state index >= 15 is 0 Å². The summed E-state index contributed by atoms with van der Waals surface area (Å²) in [5, 5.41) is 2.92. The van der Waals surface area contributed by atoms with Crippen LogP contribution in [0.4, 0.5) is 11.4 Å². The molecule has 0 unspecified atom stereocenters. The van der Waals surface area contributed by atoms with Gasteiger partial charge in [-0.15, -0.1) is 6.42 Å². The van der Waals surface area contributed by atoms with Crippen molar-refractivity contribution in [1.29, 1.82) is 0 Å². The fraction of sp³-hybridized carbons (Fsp3) is 0.222. The number of pyridine rings is 1. The van der Waals surface area contributed by atoms with Crippen molar-refractivity contribution in [3.63, 3.8) is 0 Å². The third-order valence-electron chi connectivity index (χ3n) is 3.66. The highest BCUT2D eigenvalue weighted by Crippen LogP contribution is 2.28. The second-order valence-electron chi connectivity index (χ2n) is 5.14. The molecule has 1 aliphatic rings. The van der Waals surface area contributed by atoms with E-state index in [0.717, 1.165) is 30.0 Å². The average Bonchev–Trinajstić information content (AvgIpc) is 2.63. The summed E-state index contributed by atoms with van der Waals surface area (Å²) in [5.41, 5.74) is 2.79. The smallest absolute Gasteiger partial charge is 0.274 e. The Kier molecular flexibility index (Phi) is 4.55. The summed E-state index contributed by atoms with van der Waals surface area (Å²) in [6.07, 6.45) is 7.10. The molecule has 1 saturated heterocycles. The van der Waals surface area contributed by atoms with E-state index in [1.54, 1.807) is 24.4 Å². The fourth-order valence-corrected chi connectivity index (χ4v) is 2.48. The molecule has 0 radical (unpaired) electrons. The van der Waals surface area contributed by atoms with Crippen LogP contribution in [0.25, 0.3) is 0 Å². The number of carbonyl (C=O) groups is 1. The number of rotatable bonds is 3. The van der Waals surface area contributed by atoms with Gasteiger partial charge in [0.15, 0.2) is 0 Å². The van der Waals surface area contributed by atoms with Crippen LogP contribution in [-0.2, 0) is 4.74 Å². The van der Waals surface area contributed by atoms with Crippen molar-refractivity contribution in [1.82, 2.24) is 4.98 Å². The Morgan fingerprint density at radius 1 is 1.26 bits per heavy atom. The number of nitrogens with one attached hydrogen (secondary N) is 1. The zero-order valence-electron chi connectivity index (χ0n) is 12.7. The molecule has 1 fully saturated rings. The first-order valence-electron chi connectivity index (χ1n) is 7.43. The average molecular weight is 307 g/mol. The first-order valence-corrected chi connectivity index (χ1v) is 7.43. The molecular weight excluding hydrogens is 290 g/mol. The molecular formula is C18H17N3O2. The number of ether oxygens (including phenoxy) is 1. The monoisotopic (exact) mass is 307 g/mol. The topological polar surface area (TPSA) is 54.5 Å². The Hall–Kier alpha value is -2.84. The van der Waals surface area contributed by atoms with Gasteiger partial charge in [-0.2, -0.15) is 0 Å². The summed E-state index contributed by atoms with van der Waals surface area (Å²) < 4.78 is 5.39. The normalized spacial score (nSPS) is 14.1. The van der Waals surface area contributed by atoms with E-state index in [-0.39, 0.29) is 5.91 Å². The van der Waals surface area contributed by atoms with Gasteiger partial charge in [0.25, 0.3) is 5.91 Å². The lowest BCUT2D eigenvalue weighted by molar-refractivity contribution is 0.102. The highest BCUT2D eigenvalue weighted by molar-refractivity contribution is 6.04. The van der Waals surface area contributed by atoms with Crippen LogP contribution in [0.5, 0.6) is 0 Å². The number of aromatic nitrogens is 1. The lowest BCUT2D eigenvalue weighted by atomic mass is 10.1. The van der Waals surface area contributed by atoms with E-state index in [4.69, 9.17) is 11.2 Å². The lowest BCUT2D eigenvalue weighted by Crippen LogP contribution is -2.36. The number of carbonyl (C=O) groups excluding carboxylic acids is 1. The Bertz CT molecular complexity index is 732. The van der Waals surface area contributed by atoms with E-state index < -0.39 is 0 Å². The molecule has 5 heteroatoms. The summed E-state index contributed by atoms with van der Waals surface area (Å²) in [4.78, 5) is 18.6. The van der Waals surface area contributed by atoms with E-state index in [2.05, 4.69) is 21.1 Å². The number of morpholine rings is 1. The van der Waals surface area contributed by atoms with E-state index in [0.29, 0.717) is 18.9 Å². The second kappa shape index (κ2) is 6.95. The van der Waals surface area contributed by atoms with E-state index in [1.165, 1.54) is 0 Å². The zero-order valence-corrected chi connectivity index (χ0v) is 12.7. The van der Waals surface area contributed by atoms with Crippen molar-refractivity contribution in [2.45, 2.75) is 0 Å². The van der Waals surface area contributed by atoms with Crippen molar-refractivity contribution in [3.8, 4) is 12.3 Å². The largest absolute Gasteiger partial charge is 0.378 e. The number of anilines is 2. The molecule has 1 aromatic heterocycles. The van der Waals surface area contributed by atoms with Gasteiger partial charge in [0.1, 0.15) is 5.69 Å². The van der Waals surface area contributed by atoms with Crippen molar-refractivity contribution >= 4 is 17.3 Å². The molecule has 1 aliphatic heterocycles. The Labute approximate surface area is 135 Å². The number of terminal acetylenes is 1. The second-order valence-corrected chi connectivity index (χ2v) is 5.14. The van der Waals surface area contributed by atoms with Crippen molar-refractivity contribution < 1.29 is 9.53 Å². The molecule has 5 nitrogen and oxygen atoms in total. The van der Waals surface area contributed by atoms with Crippen LogP contribution >= 0.6 is 0 Å². The fourth-order valence-electron chi connectivity index (χ4n) is 2.48. The van der Waals surface area contributed by atoms with Crippen molar-refractivity contribution in [3.05, 3.63) is 53.9 Å². The third-order valence-corrected chi connectivity index (χ3v) is 3.66. The SMILES string of the molecule is C#Cc1ccc(NC(=O)c2ccccn2)c(N2CCOCC2)c1. The molecule has 0 bridgehead atoms. The van der Waals surface area contributed by atoms with Gasteiger partial charge in [-0.3, -0.25) is 9.78 Å². The predicted molar refractivity (Wildman–Crippen MR) is 89.6 cm³/mol. The molecule has 116 valence electrons. The number of nitrogens with zero attached hydrogens (tertiary/aromatic N) is 2. The number of benzene rings is 1. The van der Waals surface area contributed by atoms with Gasteiger partial charge < -0.3 is 15.0 Å². The van der Waals surface area contributed by atoms with Gasteiger partial charge in [0.05, 0.1) is 24.6 Å². The van der Waals surface area contributed by atoms with Crippen LogP contribution in [0.2, 0.25) is 0 Å². The first-order chi connectivity index (χ1) is 11.3. The van der Waals surface area contributed by atoms with Crippen molar-refractivity contribution in [2.24, 2.45) is 0 Å². The molecule has 1 amide bonds. The molecule has 2 heterocycles. The minimum absolute atomic E-state index is 0.242. The Morgan fingerprint density at radius 2 is 2.09 bits per heavy atom. The Balaban J connectivity index is 1.89. The molecule has 1 aromatic carbocycles. The van der Waals surface area contributed by atoms with Crippen molar-refractivity contribution in [2.75, 3.05) is 36.5 Å². The molecule has 0 saturated carbocycles. The van der Waals surface area contributed by atoms with Gasteiger partial charge in [-0.25, -0.2) is 0 Å². The molecule has 0 spiro atoms. The standard InChI is InChI=1S/C18H17N3O2/c1-2-14-6-7-15(17(13-14)21-9-11-23-12-10-21)20-18(22)16-5-3-4-8-19-16/h1,3-8,13H,9-12H2,(H,20,22). The van der Waals surface area contributed by atoms with Gasteiger partial charge in [-0.1, -0.05) is 12.0 Å². The van der Waals surface area contributed by atoms with Crippen LogP contribution in [0.1, 0.15) is 16.1 Å². The van der Waals surface area contributed by atoms with Gasteiger partial charge in [-0.05, 0) is 30.3 Å². The summed E-state index contributed by atoms with van der Waals surface area (Å²) in [7, 11) is 0. The van der Waals surface area contributed by atoms with Crippen LogP contribution in [0, 0.1) is 12.3 Å². The molecule has 23 heavy (non-hydrogen) atoms. The lowest BCUT2D eigenvalue weighted by Gasteiger charge is -2.30. The minimum Gasteiger partial charge on any atom is -0.378 e. The summed E-state index contributed by atoms with van der Waals surface area (Å²) >= 11 is 0. The highest BCUT2D eigenvalue weighted by atomic mass is 16.5. The minimum atomic E-state index is -0.242. The molecule has 0 atom stereocenters. The Morgan fingerprint density at radius 3 is 2.78 bits per heavy atom. The third kappa shape index (κ3) is 3.50. The van der Waals surface area contributed by atoms with Gasteiger partial charge in [0.2, 0.25) is 0 Å². The molecule has 1 N–H and O–H groups in total. The maximum absolute atomic E-state index is 12.3. The number of hydrogen-bond acceptors (Lipinski definition) is 4. The zero-order chi connectivity index (χ0) is 16.1. The summed E-state index contributed by atoms with van der Waals surface area (Å²) in [6, 6.07) is 10.8. The van der Waals surface area contributed by atoms with E-state index in [9.17, 15) is 4.79 Å². The quantitative estimate of drug-likeness (QED) is 0.883. The number of hydrogen-bond donors (Lipinski definition) is 1. The summed E-state index contributed by atoms with van der Waals surface area (Å²) in [5.74, 6) is 2.39. The molecule has 3 rings (SSSR count). The maximum Gasteiger partial charge on any atom is 0.274 e. The molecule has 0 aliphatic carbocycles.